The van der Waals surface area contributed by atoms with E-state index < -0.39 is 0 Å². The molecule has 1 amide bonds. The van der Waals surface area contributed by atoms with Gasteiger partial charge < -0.3 is 20.1 Å². The molecule has 5 heteroatoms. The van der Waals surface area contributed by atoms with Crippen molar-refractivity contribution >= 4 is 5.91 Å². The Bertz CT molecular complexity index is 1200. The van der Waals surface area contributed by atoms with Crippen LogP contribution in [-0.4, -0.2) is 42.1 Å². The van der Waals surface area contributed by atoms with E-state index in [-0.39, 0.29) is 17.6 Å². The Balaban J connectivity index is 1.54. The molecule has 3 aromatic carbocycles. The molecular weight excluding hydrogens is 424 g/mol. The summed E-state index contributed by atoms with van der Waals surface area (Å²) in [5.41, 5.74) is 4.90. The molecular formula is C29H32N2O3. The molecule has 0 bridgehead atoms. The Kier molecular flexibility index (Phi) is 6.29. The van der Waals surface area contributed by atoms with Crippen LogP contribution >= 0.6 is 0 Å². The standard InChI is InChI=1S/C29H32N2O3/c1-3-31(4-2)29(33)22-8-5-7-20(17-22)21-11-12-23-26(18-21)34-28-24(9-6-10-25(28)32)27(23)19-13-15-30-16-14-19/h5-12,17-19,27,30,32H,3-4,13-16H2,1-2H3. The lowest BCUT2D eigenvalue weighted by atomic mass is 9.74. The lowest BCUT2D eigenvalue weighted by Gasteiger charge is -2.36. The van der Waals surface area contributed by atoms with Gasteiger partial charge in [0.25, 0.3) is 5.91 Å². The van der Waals surface area contributed by atoms with Gasteiger partial charge in [0.2, 0.25) is 0 Å². The van der Waals surface area contributed by atoms with Crippen molar-refractivity contribution in [3.63, 3.8) is 0 Å². The third-order valence-electron chi connectivity index (χ3n) is 7.27. The summed E-state index contributed by atoms with van der Waals surface area (Å²) in [4.78, 5) is 14.7. The van der Waals surface area contributed by atoms with Gasteiger partial charge in [-0.1, -0.05) is 36.4 Å². The minimum absolute atomic E-state index is 0.0471. The molecule has 1 atom stereocenters. The van der Waals surface area contributed by atoms with Crippen LogP contribution in [0.25, 0.3) is 11.1 Å². The number of carbonyl (C=O) groups is 1. The van der Waals surface area contributed by atoms with E-state index in [1.54, 1.807) is 6.07 Å². The number of para-hydroxylation sites is 1. The minimum atomic E-state index is 0.0471. The second-order valence-corrected chi connectivity index (χ2v) is 9.17. The van der Waals surface area contributed by atoms with Gasteiger partial charge in [0.1, 0.15) is 5.75 Å². The van der Waals surface area contributed by atoms with E-state index in [4.69, 9.17) is 4.74 Å². The van der Waals surface area contributed by atoms with Crippen molar-refractivity contribution in [1.29, 1.82) is 0 Å². The average molecular weight is 457 g/mol. The quantitative estimate of drug-likeness (QED) is 0.511. The first-order valence-electron chi connectivity index (χ1n) is 12.3. The van der Waals surface area contributed by atoms with Crippen LogP contribution in [0, 0.1) is 5.92 Å². The van der Waals surface area contributed by atoms with Crippen molar-refractivity contribution in [1.82, 2.24) is 10.2 Å². The number of aromatic hydroxyl groups is 1. The van der Waals surface area contributed by atoms with Gasteiger partial charge in [-0.15, -0.1) is 0 Å². The fourth-order valence-corrected chi connectivity index (χ4v) is 5.45. The van der Waals surface area contributed by atoms with Crippen molar-refractivity contribution in [2.75, 3.05) is 26.2 Å². The maximum Gasteiger partial charge on any atom is 0.253 e. The molecule has 2 heterocycles. The van der Waals surface area contributed by atoms with Crippen LogP contribution in [-0.2, 0) is 0 Å². The number of hydrogen-bond acceptors (Lipinski definition) is 4. The summed E-state index contributed by atoms with van der Waals surface area (Å²) < 4.78 is 6.30. The van der Waals surface area contributed by atoms with Crippen LogP contribution in [0.15, 0.2) is 60.7 Å². The zero-order valence-electron chi connectivity index (χ0n) is 19.9. The summed E-state index contributed by atoms with van der Waals surface area (Å²) in [6, 6.07) is 19.8. The summed E-state index contributed by atoms with van der Waals surface area (Å²) in [6.07, 6.45) is 2.19. The largest absolute Gasteiger partial charge is 0.504 e. The van der Waals surface area contributed by atoms with Gasteiger partial charge in [0.05, 0.1) is 0 Å². The number of phenolic OH excluding ortho intramolecular Hbond substituents is 1. The zero-order chi connectivity index (χ0) is 23.7. The molecule has 1 unspecified atom stereocenters. The predicted molar refractivity (Wildman–Crippen MR) is 135 cm³/mol. The number of nitrogens with one attached hydrogen (secondary N) is 1. The summed E-state index contributed by atoms with van der Waals surface area (Å²) in [5.74, 6) is 2.27. The minimum Gasteiger partial charge on any atom is -0.504 e. The van der Waals surface area contributed by atoms with Gasteiger partial charge in [-0.25, -0.2) is 0 Å². The van der Waals surface area contributed by atoms with E-state index in [1.165, 1.54) is 5.56 Å². The summed E-state index contributed by atoms with van der Waals surface area (Å²) in [5, 5.41) is 14.1. The smallest absolute Gasteiger partial charge is 0.253 e. The first-order chi connectivity index (χ1) is 16.6. The Labute approximate surface area is 201 Å². The molecule has 0 saturated carbocycles. The highest BCUT2D eigenvalue weighted by Crippen LogP contribution is 2.52. The number of amides is 1. The Hall–Kier alpha value is -3.31. The van der Waals surface area contributed by atoms with Crippen LogP contribution in [0.4, 0.5) is 0 Å². The lowest BCUT2D eigenvalue weighted by Crippen LogP contribution is -2.32. The zero-order valence-corrected chi connectivity index (χ0v) is 19.9. The van der Waals surface area contributed by atoms with Gasteiger partial charge in [-0.3, -0.25) is 4.79 Å². The highest BCUT2D eigenvalue weighted by molar-refractivity contribution is 5.95. The van der Waals surface area contributed by atoms with Crippen molar-refractivity contribution in [3.8, 4) is 28.4 Å². The van der Waals surface area contributed by atoms with Crippen LogP contribution < -0.4 is 10.1 Å². The third kappa shape index (κ3) is 4.05. The molecule has 0 radical (unpaired) electrons. The molecule has 5 rings (SSSR count). The third-order valence-corrected chi connectivity index (χ3v) is 7.27. The average Bonchev–Trinajstić information content (AvgIpc) is 2.88. The summed E-state index contributed by atoms with van der Waals surface area (Å²) in [6.45, 7) is 7.39. The first-order valence-corrected chi connectivity index (χ1v) is 12.3. The summed E-state index contributed by atoms with van der Waals surface area (Å²) in [7, 11) is 0. The first kappa shape index (κ1) is 22.5. The van der Waals surface area contributed by atoms with Crippen LogP contribution in [0.5, 0.6) is 17.2 Å². The number of rotatable bonds is 5. The highest BCUT2D eigenvalue weighted by atomic mass is 16.5. The number of carbonyl (C=O) groups excluding carboxylic acids is 1. The number of piperidine rings is 1. The maximum absolute atomic E-state index is 12.9. The van der Waals surface area contributed by atoms with Crippen molar-refractivity contribution in [2.45, 2.75) is 32.6 Å². The Morgan fingerprint density at radius 3 is 2.47 bits per heavy atom. The van der Waals surface area contributed by atoms with E-state index >= 15 is 0 Å². The number of fused-ring (bicyclic) bond motifs is 2. The Morgan fingerprint density at radius 2 is 1.71 bits per heavy atom. The van der Waals surface area contributed by atoms with Crippen molar-refractivity contribution in [3.05, 3.63) is 77.4 Å². The van der Waals surface area contributed by atoms with Crippen LogP contribution in [0.1, 0.15) is 54.1 Å². The number of nitrogens with zero attached hydrogens (tertiary/aromatic N) is 1. The van der Waals surface area contributed by atoms with Gasteiger partial charge in [-0.2, -0.15) is 0 Å². The molecule has 2 aliphatic heterocycles. The molecule has 2 aliphatic rings. The van der Waals surface area contributed by atoms with E-state index in [9.17, 15) is 9.90 Å². The van der Waals surface area contributed by atoms with E-state index in [0.29, 0.717) is 30.3 Å². The molecule has 0 aromatic heterocycles. The van der Waals surface area contributed by atoms with Crippen LogP contribution in [0.3, 0.4) is 0 Å². The van der Waals surface area contributed by atoms with E-state index in [1.807, 2.05) is 49.1 Å². The van der Waals surface area contributed by atoms with E-state index in [0.717, 1.165) is 48.4 Å². The molecule has 5 nitrogen and oxygen atoms in total. The highest BCUT2D eigenvalue weighted by Gasteiger charge is 2.35. The van der Waals surface area contributed by atoms with Gasteiger partial charge >= 0.3 is 0 Å². The Morgan fingerprint density at radius 1 is 0.971 bits per heavy atom. The second kappa shape index (κ2) is 9.51. The van der Waals surface area contributed by atoms with Gasteiger partial charge in [-0.05, 0) is 81.1 Å². The van der Waals surface area contributed by atoms with E-state index in [2.05, 4.69) is 29.6 Å². The fourth-order valence-electron chi connectivity index (χ4n) is 5.45. The SMILES string of the molecule is CCN(CC)C(=O)c1cccc(-c2ccc3c(c2)Oc2c(O)cccc2C3C2CCNCC2)c1. The fraction of sp³-hybridized carbons (Fsp3) is 0.345. The number of benzene rings is 3. The molecule has 1 saturated heterocycles. The topological polar surface area (TPSA) is 61.8 Å². The number of hydrogen-bond donors (Lipinski definition) is 2. The second-order valence-electron chi connectivity index (χ2n) is 9.17. The number of ether oxygens (including phenoxy) is 1. The molecule has 1 fully saturated rings. The molecule has 2 N–H and O–H groups in total. The van der Waals surface area contributed by atoms with Gasteiger partial charge in [0.15, 0.2) is 11.5 Å². The van der Waals surface area contributed by atoms with Crippen molar-refractivity contribution < 1.29 is 14.6 Å². The normalized spacial score (nSPS) is 17.4. The molecule has 0 aliphatic carbocycles. The molecule has 3 aromatic rings. The van der Waals surface area contributed by atoms with Crippen molar-refractivity contribution in [2.24, 2.45) is 5.92 Å². The number of phenols is 1. The molecule has 34 heavy (non-hydrogen) atoms. The maximum atomic E-state index is 12.9. The lowest BCUT2D eigenvalue weighted by molar-refractivity contribution is 0.0773. The monoisotopic (exact) mass is 456 g/mol. The van der Waals surface area contributed by atoms with Gasteiger partial charge in [0, 0.05) is 35.7 Å². The predicted octanol–water partition coefficient (Wildman–Crippen LogP) is 5.78. The molecule has 0 spiro atoms. The summed E-state index contributed by atoms with van der Waals surface area (Å²) >= 11 is 0. The molecule has 176 valence electrons. The van der Waals surface area contributed by atoms with Crippen LogP contribution in [0.2, 0.25) is 0 Å².